The van der Waals surface area contributed by atoms with E-state index in [2.05, 4.69) is 25.9 Å². The number of aryl methyl sites for hydroxylation is 1. The van der Waals surface area contributed by atoms with E-state index in [0.29, 0.717) is 17.8 Å². The Balaban J connectivity index is 1.47. The number of hydrogen-bond donors (Lipinski definition) is 2. The van der Waals surface area contributed by atoms with E-state index in [9.17, 15) is 9.59 Å². The van der Waals surface area contributed by atoms with Crippen LogP contribution in [0.1, 0.15) is 51.8 Å². The SMILES string of the molecule is CCOC(=O)[C@@H](C)OC(=O)[C@@H]1C[C@H]2C[C@@H](CCc3nn[nH]n3)CC[C@H]2CN1. The van der Waals surface area contributed by atoms with Crippen molar-refractivity contribution in [1.29, 1.82) is 0 Å². The zero-order valence-corrected chi connectivity index (χ0v) is 16.0. The molecule has 2 fully saturated rings. The summed E-state index contributed by atoms with van der Waals surface area (Å²) in [7, 11) is 0. The molecular weight excluding hydrogens is 350 g/mol. The quantitative estimate of drug-likeness (QED) is 0.674. The second kappa shape index (κ2) is 9.25. The van der Waals surface area contributed by atoms with Crippen LogP contribution in [0.25, 0.3) is 0 Å². The Hall–Kier alpha value is -2.03. The number of esters is 2. The van der Waals surface area contributed by atoms with Gasteiger partial charge in [0.15, 0.2) is 11.9 Å². The first-order valence-electron chi connectivity index (χ1n) is 9.89. The van der Waals surface area contributed by atoms with Crippen molar-refractivity contribution < 1.29 is 19.1 Å². The van der Waals surface area contributed by atoms with Crippen molar-refractivity contribution in [2.75, 3.05) is 13.2 Å². The fraction of sp³-hybridized carbons (Fsp3) is 0.833. The number of aromatic nitrogens is 4. The molecule has 1 aliphatic heterocycles. The van der Waals surface area contributed by atoms with E-state index in [-0.39, 0.29) is 18.6 Å². The number of fused-ring (bicyclic) bond motifs is 1. The molecule has 2 heterocycles. The minimum atomic E-state index is -0.869. The molecule has 0 amide bonds. The molecule has 0 spiro atoms. The summed E-state index contributed by atoms with van der Waals surface area (Å²) in [5, 5.41) is 17.4. The summed E-state index contributed by atoms with van der Waals surface area (Å²) >= 11 is 0. The van der Waals surface area contributed by atoms with E-state index in [1.54, 1.807) is 13.8 Å². The monoisotopic (exact) mass is 379 g/mol. The van der Waals surface area contributed by atoms with Gasteiger partial charge in [-0.25, -0.2) is 4.79 Å². The highest BCUT2D eigenvalue weighted by Crippen LogP contribution is 2.40. The molecule has 9 nitrogen and oxygen atoms in total. The molecule has 1 aliphatic carbocycles. The standard InChI is InChI=1S/C18H29N5O4/c1-3-26-17(24)11(2)27-18(25)15-9-14-8-12(4-6-13(14)10-19-15)5-7-16-20-22-23-21-16/h11-15,19H,3-10H2,1-2H3,(H,20,21,22,23)/t11-,12-,13+,14-,15+/m1/s1. The van der Waals surface area contributed by atoms with Crippen LogP contribution in [0, 0.1) is 17.8 Å². The smallest absolute Gasteiger partial charge is 0.347 e. The first-order valence-corrected chi connectivity index (χ1v) is 9.89. The van der Waals surface area contributed by atoms with E-state index >= 15 is 0 Å². The molecule has 1 aromatic heterocycles. The Morgan fingerprint density at radius 3 is 2.85 bits per heavy atom. The van der Waals surface area contributed by atoms with Gasteiger partial charge in [-0.3, -0.25) is 4.79 Å². The first-order chi connectivity index (χ1) is 13.1. The van der Waals surface area contributed by atoms with Crippen LogP contribution < -0.4 is 5.32 Å². The summed E-state index contributed by atoms with van der Waals surface area (Å²) < 4.78 is 10.2. The second-order valence-electron chi connectivity index (χ2n) is 7.59. The molecule has 27 heavy (non-hydrogen) atoms. The summed E-state index contributed by atoms with van der Waals surface area (Å²) in [5.74, 6) is 1.64. The number of piperidine rings is 1. The maximum absolute atomic E-state index is 12.4. The second-order valence-corrected chi connectivity index (χ2v) is 7.59. The average Bonchev–Trinajstić information content (AvgIpc) is 3.19. The molecule has 2 N–H and O–H groups in total. The normalized spacial score (nSPS) is 28.8. The van der Waals surface area contributed by atoms with Crippen molar-refractivity contribution in [3.8, 4) is 0 Å². The van der Waals surface area contributed by atoms with Gasteiger partial charge in [-0.2, -0.15) is 5.21 Å². The minimum Gasteiger partial charge on any atom is -0.463 e. The summed E-state index contributed by atoms with van der Waals surface area (Å²) in [6.45, 7) is 4.39. The number of nitrogens with one attached hydrogen (secondary N) is 2. The maximum Gasteiger partial charge on any atom is 0.347 e. The molecule has 1 saturated heterocycles. The zero-order chi connectivity index (χ0) is 19.2. The number of rotatable bonds is 7. The third-order valence-corrected chi connectivity index (χ3v) is 5.77. The Morgan fingerprint density at radius 2 is 2.11 bits per heavy atom. The fourth-order valence-electron chi connectivity index (χ4n) is 4.29. The summed E-state index contributed by atoms with van der Waals surface area (Å²) in [6, 6.07) is -0.348. The van der Waals surface area contributed by atoms with E-state index < -0.39 is 12.1 Å². The molecule has 150 valence electrons. The lowest BCUT2D eigenvalue weighted by Gasteiger charge is -2.42. The molecule has 0 bridgehead atoms. The van der Waals surface area contributed by atoms with Crippen LogP contribution in [0.2, 0.25) is 0 Å². The largest absolute Gasteiger partial charge is 0.463 e. The van der Waals surface area contributed by atoms with Gasteiger partial charge in [0.05, 0.1) is 6.61 Å². The fourth-order valence-corrected chi connectivity index (χ4v) is 4.29. The van der Waals surface area contributed by atoms with Crippen molar-refractivity contribution in [1.82, 2.24) is 25.9 Å². The van der Waals surface area contributed by atoms with E-state index in [4.69, 9.17) is 9.47 Å². The molecule has 0 unspecified atom stereocenters. The van der Waals surface area contributed by atoms with Gasteiger partial charge in [-0.15, -0.1) is 10.2 Å². The molecule has 1 aromatic rings. The van der Waals surface area contributed by atoms with Crippen LogP contribution in [0.15, 0.2) is 0 Å². The van der Waals surface area contributed by atoms with Gasteiger partial charge in [-0.1, -0.05) is 11.6 Å². The van der Waals surface area contributed by atoms with E-state index in [1.165, 1.54) is 12.8 Å². The topological polar surface area (TPSA) is 119 Å². The van der Waals surface area contributed by atoms with E-state index in [0.717, 1.165) is 38.1 Å². The van der Waals surface area contributed by atoms with Crippen molar-refractivity contribution in [3.05, 3.63) is 5.82 Å². The number of carbonyl (C=O) groups excluding carboxylic acids is 2. The number of ether oxygens (including phenoxy) is 2. The molecule has 0 radical (unpaired) electrons. The molecule has 5 atom stereocenters. The number of aromatic amines is 1. The van der Waals surface area contributed by atoms with Crippen molar-refractivity contribution >= 4 is 11.9 Å². The summed E-state index contributed by atoms with van der Waals surface area (Å²) in [5.41, 5.74) is 0. The molecular formula is C18H29N5O4. The lowest BCUT2D eigenvalue weighted by atomic mass is 9.69. The third-order valence-electron chi connectivity index (χ3n) is 5.77. The van der Waals surface area contributed by atoms with Gasteiger partial charge in [0, 0.05) is 6.42 Å². The highest BCUT2D eigenvalue weighted by molar-refractivity contribution is 5.81. The van der Waals surface area contributed by atoms with Gasteiger partial charge in [-0.05, 0) is 63.8 Å². The predicted molar refractivity (Wildman–Crippen MR) is 95.4 cm³/mol. The van der Waals surface area contributed by atoms with Crippen LogP contribution >= 0.6 is 0 Å². The number of nitrogens with zero attached hydrogens (tertiary/aromatic N) is 3. The number of carbonyl (C=O) groups is 2. The number of H-pyrrole nitrogens is 1. The van der Waals surface area contributed by atoms with Gasteiger partial charge in [0.1, 0.15) is 6.04 Å². The van der Waals surface area contributed by atoms with Gasteiger partial charge >= 0.3 is 11.9 Å². The van der Waals surface area contributed by atoms with Crippen molar-refractivity contribution in [2.24, 2.45) is 17.8 Å². The lowest BCUT2D eigenvalue weighted by molar-refractivity contribution is -0.168. The molecule has 2 aliphatic rings. The molecule has 1 saturated carbocycles. The molecule has 3 rings (SSSR count). The maximum atomic E-state index is 12.4. The van der Waals surface area contributed by atoms with Crippen LogP contribution in [0.3, 0.4) is 0 Å². The highest BCUT2D eigenvalue weighted by Gasteiger charge is 2.38. The van der Waals surface area contributed by atoms with Crippen molar-refractivity contribution in [2.45, 2.75) is 64.5 Å². The van der Waals surface area contributed by atoms with Gasteiger partial charge < -0.3 is 14.8 Å². The minimum absolute atomic E-state index is 0.275. The Bertz CT molecular complexity index is 623. The van der Waals surface area contributed by atoms with Crippen LogP contribution in [0.5, 0.6) is 0 Å². The first kappa shape index (κ1) is 19.7. The average molecular weight is 379 g/mol. The van der Waals surface area contributed by atoms with Crippen LogP contribution in [0.4, 0.5) is 0 Å². The van der Waals surface area contributed by atoms with E-state index in [1.807, 2.05) is 0 Å². The molecule has 9 heteroatoms. The highest BCUT2D eigenvalue weighted by atomic mass is 16.6. The number of hydrogen-bond acceptors (Lipinski definition) is 8. The van der Waals surface area contributed by atoms with Crippen LogP contribution in [-0.4, -0.2) is 57.9 Å². The number of tetrazole rings is 1. The van der Waals surface area contributed by atoms with Gasteiger partial charge in [0.25, 0.3) is 0 Å². The third kappa shape index (κ3) is 5.24. The van der Waals surface area contributed by atoms with Gasteiger partial charge in [0.2, 0.25) is 0 Å². The van der Waals surface area contributed by atoms with Crippen LogP contribution in [-0.2, 0) is 25.5 Å². The molecule has 0 aromatic carbocycles. The Labute approximate surface area is 158 Å². The Morgan fingerprint density at radius 1 is 1.26 bits per heavy atom. The lowest BCUT2D eigenvalue weighted by Crippen LogP contribution is -2.51. The summed E-state index contributed by atoms with van der Waals surface area (Å²) in [4.78, 5) is 24.1. The Kier molecular flexibility index (Phi) is 6.76. The predicted octanol–water partition coefficient (Wildman–Crippen LogP) is 1.02. The van der Waals surface area contributed by atoms with Crippen molar-refractivity contribution in [3.63, 3.8) is 0 Å². The zero-order valence-electron chi connectivity index (χ0n) is 16.0. The summed E-state index contributed by atoms with van der Waals surface area (Å²) in [6.07, 6.45) is 5.26.